The quantitative estimate of drug-likeness (QED) is 0.643. The number of phenols is 1. The Bertz CT molecular complexity index is 742. The summed E-state index contributed by atoms with van der Waals surface area (Å²) in [4.78, 5) is 14.9. The summed E-state index contributed by atoms with van der Waals surface area (Å²) in [5.41, 5.74) is 1.97. The topological polar surface area (TPSA) is 106 Å². The van der Waals surface area contributed by atoms with E-state index in [0.29, 0.717) is 22.6 Å². The Kier molecular flexibility index (Phi) is 2.86. The van der Waals surface area contributed by atoms with E-state index in [1.807, 2.05) is 0 Å². The highest BCUT2D eigenvalue weighted by Crippen LogP contribution is 2.34. The number of fused-ring (bicyclic) bond motifs is 1. The minimum Gasteiger partial charge on any atom is -0.507 e. The Morgan fingerprint density at radius 3 is 2.67 bits per heavy atom. The summed E-state index contributed by atoms with van der Waals surface area (Å²) >= 11 is 0. The van der Waals surface area contributed by atoms with Gasteiger partial charge in [0, 0.05) is 0 Å². The summed E-state index contributed by atoms with van der Waals surface area (Å²) in [7, 11) is 0. The van der Waals surface area contributed by atoms with Crippen LogP contribution >= 0.6 is 0 Å². The standard InChI is InChI=1S/C13H13N5O3/c1-7-3-9(4-8(2)12(7)19)11-10(18(20)21)5-14-13-15-6-16-17(11)13/h3-6,11,19H,1-2H3,(H,14,15,16). The van der Waals surface area contributed by atoms with E-state index in [4.69, 9.17) is 0 Å². The van der Waals surface area contributed by atoms with Crippen LogP contribution in [0.5, 0.6) is 5.75 Å². The Morgan fingerprint density at radius 2 is 2.05 bits per heavy atom. The van der Waals surface area contributed by atoms with Gasteiger partial charge in [-0.25, -0.2) is 4.68 Å². The second kappa shape index (κ2) is 4.58. The first-order valence-corrected chi connectivity index (χ1v) is 6.29. The van der Waals surface area contributed by atoms with E-state index >= 15 is 0 Å². The van der Waals surface area contributed by atoms with E-state index < -0.39 is 11.0 Å². The summed E-state index contributed by atoms with van der Waals surface area (Å²) in [5, 5.41) is 28.0. The fourth-order valence-corrected chi connectivity index (χ4v) is 2.50. The van der Waals surface area contributed by atoms with Gasteiger partial charge in [-0.1, -0.05) is 0 Å². The monoisotopic (exact) mass is 287 g/mol. The van der Waals surface area contributed by atoms with Crippen LogP contribution in [0.4, 0.5) is 5.95 Å². The van der Waals surface area contributed by atoms with E-state index in [1.54, 1.807) is 26.0 Å². The predicted octanol–water partition coefficient (Wildman–Crippen LogP) is 1.73. The maximum atomic E-state index is 11.3. The fraction of sp³-hybridized carbons (Fsp3) is 0.231. The number of allylic oxidation sites excluding steroid dienone is 1. The van der Waals surface area contributed by atoms with E-state index in [0.717, 1.165) is 0 Å². The van der Waals surface area contributed by atoms with Gasteiger partial charge < -0.3 is 10.4 Å². The van der Waals surface area contributed by atoms with Crippen LogP contribution < -0.4 is 5.32 Å². The van der Waals surface area contributed by atoms with Crippen molar-refractivity contribution in [2.45, 2.75) is 19.9 Å². The molecule has 0 saturated heterocycles. The maximum Gasteiger partial charge on any atom is 0.291 e. The number of nitrogens with zero attached hydrogens (tertiary/aromatic N) is 4. The van der Waals surface area contributed by atoms with Crippen LogP contribution in [0.25, 0.3) is 0 Å². The molecule has 108 valence electrons. The van der Waals surface area contributed by atoms with Gasteiger partial charge in [-0.05, 0) is 42.7 Å². The third-order valence-electron chi connectivity index (χ3n) is 3.49. The molecule has 2 heterocycles. The zero-order chi connectivity index (χ0) is 15.1. The average molecular weight is 287 g/mol. The molecule has 0 spiro atoms. The number of anilines is 1. The fourth-order valence-electron chi connectivity index (χ4n) is 2.50. The second-order valence-electron chi connectivity index (χ2n) is 4.90. The molecule has 1 unspecified atom stereocenters. The molecule has 1 aromatic heterocycles. The molecule has 0 fully saturated rings. The van der Waals surface area contributed by atoms with Crippen LogP contribution in [0.1, 0.15) is 22.7 Å². The molecule has 0 aliphatic carbocycles. The molecule has 1 aliphatic rings. The second-order valence-corrected chi connectivity index (χ2v) is 4.90. The molecular formula is C13H13N5O3. The minimum atomic E-state index is -0.684. The highest BCUT2D eigenvalue weighted by Gasteiger charge is 2.34. The van der Waals surface area contributed by atoms with Crippen LogP contribution in [0.15, 0.2) is 30.4 Å². The van der Waals surface area contributed by atoms with Gasteiger partial charge in [0.15, 0.2) is 6.04 Å². The van der Waals surface area contributed by atoms with Crippen molar-refractivity contribution in [3.05, 3.63) is 57.2 Å². The Hall–Kier alpha value is -2.90. The number of hydrogen-bond donors (Lipinski definition) is 2. The van der Waals surface area contributed by atoms with Gasteiger partial charge in [0.2, 0.25) is 5.95 Å². The first-order valence-electron chi connectivity index (χ1n) is 6.29. The van der Waals surface area contributed by atoms with Crippen molar-refractivity contribution in [3.8, 4) is 5.75 Å². The minimum absolute atomic E-state index is 0.0301. The van der Waals surface area contributed by atoms with Gasteiger partial charge in [0.1, 0.15) is 12.1 Å². The van der Waals surface area contributed by atoms with Crippen LogP contribution in [0.3, 0.4) is 0 Å². The number of hydrogen-bond acceptors (Lipinski definition) is 6. The molecule has 8 heteroatoms. The number of aryl methyl sites for hydroxylation is 2. The van der Waals surface area contributed by atoms with Crippen molar-refractivity contribution in [1.82, 2.24) is 14.8 Å². The van der Waals surface area contributed by atoms with Crippen molar-refractivity contribution < 1.29 is 10.0 Å². The lowest BCUT2D eigenvalue weighted by Gasteiger charge is -2.21. The van der Waals surface area contributed by atoms with Crippen molar-refractivity contribution in [2.75, 3.05) is 5.32 Å². The van der Waals surface area contributed by atoms with E-state index in [-0.39, 0.29) is 11.4 Å². The number of aromatic nitrogens is 3. The van der Waals surface area contributed by atoms with Gasteiger partial charge in [0.25, 0.3) is 5.70 Å². The molecule has 0 saturated carbocycles. The van der Waals surface area contributed by atoms with E-state index in [2.05, 4.69) is 15.4 Å². The molecule has 3 rings (SSSR count). The normalized spacial score (nSPS) is 16.9. The van der Waals surface area contributed by atoms with Crippen molar-refractivity contribution in [3.63, 3.8) is 0 Å². The summed E-state index contributed by atoms with van der Waals surface area (Å²) in [6, 6.07) is 2.76. The van der Waals surface area contributed by atoms with Gasteiger partial charge in [-0.2, -0.15) is 10.1 Å². The number of aromatic hydroxyl groups is 1. The molecule has 2 N–H and O–H groups in total. The molecular weight excluding hydrogens is 274 g/mol. The number of rotatable bonds is 2. The van der Waals surface area contributed by atoms with Gasteiger partial charge >= 0.3 is 0 Å². The van der Waals surface area contributed by atoms with Crippen molar-refractivity contribution in [1.29, 1.82) is 0 Å². The molecule has 1 atom stereocenters. The zero-order valence-corrected chi connectivity index (χ0v) is 11.4. The molecule has 8 nitrogen and oxygen atoms in total. The smallest absolute Gasteiger partial charge is 0.291 e. The Balaban J connectivity index is 2.19. The van der Waals surface area contributed by atoms with E-state index in [9.17, 15) is 15.2 Å². The number of phenolic OH excluding ortho intramolecular Hbond substituents is 1. The summed E-state index contributed by atoms with van der Waals surface area (Å²) in [6.45, 7) is 3.51. The molecule has 0 bridgehead atoms. The van der Waals surface area contributed by atoms with Crippen LogP contribution in [0.2, 0.25) is 0 Å². The lowest BCUT2D eigenvalue weighted by Crippen LogP contribution is -2.25. The molecule has 21 heavy (non-hydrogen) atoms. The summed E-state index contributed by atoms with van der Waals surface area (Å²) in [5.74, 6) is 0.632. The summed E-state index contributed by atoms with van der Waals surface area (Å²) < 4.78 is 1.46. The lowest BCUT2D eigenvalue weighted by atomic mass is 9.98. The molecule has 0 radical (unpaired) electrons. The molecule has 1 aliphatic heterocycles. The maximum absolute atomic E-state index is 11.3. The zero-order valence-electron chi connectivity index (χ0n) is 11.4. The molecule has 0 amide bonds. The van der Waals surface area contributed by atoms with Gasteiger partial charge in [-0.15, -0.1) is 0 Å². The molecule has 1 aromatic carbocycles. The third kappa shape index (κ3) is 2.00. The molecule has 2 aromatic rings. The van der Waals surface area contributed by atoms with Gasteiger partial charge in [0.05, 0.1) is 11.1 Å². The Morgan fingerprint density at radius 1 is 1.38 bits per heavy atom. The van der Waals surface area contributed by atoms with Crippen LogP contribution in [-0.2, 0) is 0 Å². The van der Waals surface area contributed by atoms with Crippen molar-refractivity contribution >= 4 is 5.95 Å². The lowest BCUT2D eigenvalue weighted by molar-refractivity contribution is -0.431. The highest BCUT2D eigenvalue weighted by atomic mass is 16.6. The first-order chi connectivity index (χ1) is 9.99. The average Bonchev–Trinajstić information content (AvgIpc) is 2.91. The van der Waals surface area contributed by atoms with Gasteiger partial charge in [-0.3, -0.25) is 10.1 Å². The number of benzene rings is 1. The SMILES string of the molecule is Cc1cc(C2C([N+](=O)[O-])=CNc3ncnn32)cc(C)c1O. The highest BCUT2D eigenvalue weighted by molar-refractivity contribution is 5.47. The van der Waals surface area contributed by atoms with Crippen LogP contribution in [-0.4, -0.2) is 24.8 Å². The first kappa shape index (κ1) is 13.1. The number of nitrogens with one attached hydrogen (secondary N) is 1. The number of nitro groups is 1. The van der Waals surface area contributed by atoms with Crippen LogP contribution in [0, 0.1) is 24.0 Å². The van der Waals surface area contributed by atoms with Crippen molar-refractivity contribution in [2.24, 2.45) is 0 Å². The predicted molar refractivity (Wildman–Crippen MR) is 74.4 cm³/mol. The third-order valence-corrected chi connectivity index (χ3v) is 3.49. The largest absolute Gasteiger partial charge is 0.507 e. The summed E-state index contributed by atoms with van der Waals surface area (Å²) in [6.07, 6.45) is 2.67. The Labute approximate surface area is 119 Å². The van der Waals surface area contributed by atoms with E-state index in [1.165, 1.54) is 17.2 Å².